The topological polar surface area (TPSA) is 17.8 Å². The lowest BCUT2D eigenvalue weighted by atomic mass is 9.80. The Morgan fingerprint density at radius 3 is 1.66 bits per heavy atom. The third-order valence-electron chi connectivity index (χ3n) is 13.8. The molecule has 0 unspecified atom stereocenters. The molecule has 0 spiro atoms. The van der Waals surface area contributed by atoms with E-state index in [1.807, 2.05) is 0 Å². The first-order chi connectivity index (χ1) is 30.5. The Bertz CT molecular complexity index is 3770. The highest BCUT2D eigenvalue weighted by molar-refractivity contribution is 6.22. The minimum absolute atomic E-state index is 0.160. The van der Waals surface area contributed by atoms with Gasteiger partial charge >= 0.3 is 0 Å². The summed E-state index contributed by atoms with van der Waals surface area (Å²) in [5.74, 6) is 0. The maximum absolute atomic E-state index is 5.63. The van der Waals surface area contributed by atoms with Crippen LogP contribution in [0.3, 0.4) is 0 Å². The van der Waals surface area contributed by atoms with Crippen molar-refractivity contribution < 1.29 is 0 Å². The number of para-hydroxylation sites is 2. The van der Waals surface area contributed by atoms with Crippen molar-refractivity contribution in [1.82, 2.24) is 9.55 Å². The molecule has 290 valence electrons. The molecule has 0 radical (unpaired) electrons. The molecule has 10 aromatic carbocycles. The monoisotopic (exact) mass is 788 g/mol. The maximum Gasteiger partial charge on any atom is 0.0722 e. The molecule has 0 saturated carbocycles. The van der Waals surface area contributed by atoms with Gasteiger partial charge in [0.2, 0.25) is 0 Å². The molecule has 2 heteroatoms. The first kappa shape index (κ1) is 35.0. The number of hydrogen-bond acceptors (Lipinski definition) is 1. The van der Waals surface area contributed by atoms with Crippen molar-refractivity contribution in [3.63, 3.8) is 0 Å². The smallest absolute Gasteiger partial charge is 0.0722 e. The summed E-state index contributed by atoms with van der Waals surface area (Å²) in [6.45, 7) is 4.75. The number of fused-ring (bicyclic) bond motifs is 11. The first-order valence-electron chi connectivity index (χ1n) is 21.6. The van der Waals surface area contributed by atoms with Gasteiger partial charge in [0.25, 0.3) is 0 Å². The number of hydrogen-bond donors (Lipinski definition) is 0. The van der Waals surface area contributed by atoms with Crippen LogP contribution in [0, 0.1) is 0 Å². The molecule has 1 aliphatic carbocycles. The summed E-state index contributed by atoms with van der Waals surface area (Å²) in [5.41, 5.74) is 15.5. The van der Waals surface area contributed by atoms with Crippen molar-refractivity contribution in [2.45, 2.75) is 19.3 Å². The van der Waals surface area contributed by atoms with Crippen LogP contribution in [0.2, 0.25) is 0 Å². The fourth-order valence-electron chi connectivity index (χ4n) is 10.9. The van der Waals surface area contributed by atoms with Gasteiger partial charge in [0.15, 0.2) is 0 Å². The molecule has 2 heterocycles. The average molecular weight is 789 g/mol. The van der Waals surface area contributed by atoms with Crippen molar-refractivity contribution >= 4 is 64.9 Å². The second kappa shape index (κ2) is 13.1. The Hall–Kier alpha value is -7.81. The number of pyridine rings is 1. The summed E-state index contributed by atoms with van der Waals surface area (Å²) in [4.78, 5) is 5.63. The van der Waals surface area contributed by atoms with E-state index in [4.69, 9.17) is 4.98 Å². The van der Waals surface area contributed by atoms with Crippen molar-refractivity contribution in [3.05, 3.63) is 217 Å². The summed E-state index contributed by atoms with van der Waals surface area (Å²) in [6, 6.07) is 76.0. The van der Waals surface area contributed by atoms with Gasteiger partial charge in [-0.05, 0) is 131 Å². The van der Waals surface area contributed by atoms with Crippen molar-refractivity contribution in [3.8, 4) is 50.5 Å². The molecule has 1 aliphatic rings. The molecular formula is C60H40N2. The fourth-order valence-corrected chi connectivity index (χ4v) is 10.9. The van der Waals surface area contributed by atoms with Crippen LogP contribution in [0.4, 0.5) is 0 Å². The van der Waals surface area contributed by atoms with Gasteiger partial charge in [0.05, 0.1) is 22.4 Å². The SMILES string of the molecule is CC1(C)c2ccccc2-c2cc3c(-c4ccc(-n5c6ccccc6c6ccccc65)cc4)c4ccccc4c(-c4cccc(-c5cc6ccccc6c6ccccc56)n4)c3cc21. The normalized spacial score (nSPS) is 13.1. The van der Waals surface area contributed by atoms with E-state index >= 15 is 0 Å². The number of aromatic nitrogens is 2. The van der Waals surface area contributed by atoms with E-state index in [0.29, 0.717) is 0 Å². The van der Waals surface area contributed by atoms with Gasteiger partial charge in [-0.2, -0.15) is 0 Å². The van der Waals surface area contributed by atoms with Crippen molar-refractivity contribution in [1.29, 1.82) is 0 Å². The van der Waals surface area contributed by atoms with E-state index < -0.39 is 0 Å². The molecule has 0 amide bonds. The first-order valence-corrected chi connectivity index (χ1v) is 21.6. The highest BCUT2D eigenvalue weighted by atomic mass is 15.0. The average Bonchev–Trinajstić information content (AvgIpc) is 3.78. The summed E-state index contributed by atoms with van der Waals surface area (Å²) in [5, 5.41) is 12.3. The lowest BCUT2D eigenvalue weighted by Crippen LogP contribution is -2.14. The zero-order valence-corrected chi connectivity index (χ0v) is 34.5. The summed E-state index contributed by atoms with van der Waals surface area (Å²) in [6.07, 6.45) is 0. The quantitative estimate of drug-likeness (QED) is 0.128. The molecule has 12 aromatic rings. The van der Waals surface area contributed by atoms with E-state index in [9.17, 15) is 0 Å². The lowest BCUT2D eigenvalue weighted by Gasteiger charge is -2.24. The minimum atomic E-state index is -0.160. The zero-order valence-electron chi connectivity index (χ0n) is 34.5. The predicted octanol–water partition coefficient (Wildman–Crippen LogP) is 16.1. The largest absolute Gasteiger partial charge is 0.309 e. The highest BCUT2D eigenvalue weighted by Gasteiger charge is 2.36. The van der Waals surface area contributed by atoms with Crippen LogP contribution in [-0.2, 0) is 5.41 Å². The Kier molecular flexibility index (Phi) is 7.39. The standard InChI is InChI=1S/C60H40N2/c1-60(2)52-25-12-9-20-43(52)48-35-50-51(36-53(48)60)59(55-27-15-26-54(61-55)49-34-38-16-3-4-17-40(38)41-18-5-6-19-42(41)49)47-24-8-7-23-46(47)58(50)37-30-32-39(33-31-37)62-56-28-13-10-21-44(56)45-22-11-14-29-57(45)62/h3-36H,1-2H3. The maximum atomic E-state index is 5.63. The third-order valence-corrected chi connectivity index (χ3v) is 13.8. The zero-order chi connectivity index (χ0) is 41.1. The van der Waals surface area contributed by atoms with E-state index in [1.54, 1.807) is 0 Å². The fraction of sp³-hybridized carbons (Fsp3) is 0.0500. The van der Waals surface area contributed by atoms with Gasteiger partial charge in [-0.25, -0.2) is 4.98 Å². The van der Waals surface area contributed by atoms with Gasteiger partial charge in [0, 0.05) is 33.0 Å². The Morgan fingerprint density at radius 1 is 0.355 bits per heavy atom. The highest BCUT2D eigenvalue weighted by Crippen LogP contribution is 2.53. The van der Waals surface area contributed by atoms with E-state index in [-0.39, 0.29) is 5.41 Å². The molecular weight excluding hydrogens is 749 g/mol. The van der Waals surface area contributed by atoms with Gasteiger partial charge in [-0.15, -0.1) is 0 Å². The van der Waals surface area contributed by atoms with E-state index in [1.165, 1.54) is 104 Å². The van der Waals surface area contributed by atoms with E-state index in [2.05, 4.69) is 225 Å². The lowest BCUT2D eigenvalue weighted by molar-refractivity contribution is 0.661. The molecule has 13 rings (SSSR count). The molecule has 2 nitrogen and oxygen atoms in total. The summed E-state index contributed by atoms with van der Waals surface area (Å²) < 4.78 is 2.40. The van der Waals surface area contributed by atoms with E-state index in [0.717, 1.165) is 22.6 Å². The Morgan fingerprint density at radius 2 is 0.919 bits per heavy atom. The predicted molar refractivity (Wildman–Crippen MR) is 262 cm³/mol. The van der Waals surface area contributed by atoms with Crippen LogP contribution >= 0.6 is 0 Å². The molecule has 0 bridgehead atoms. The third kappa shape index (κ3) is 4.95. The Balaban J connectivity index is 1.08. The Labute approximate surface area is 360 Å². The van der Waals surface area contributed by atoms with Crippen LogP contribution in [0.25, 0.3) is 115 Å². The number of benzene rings is 10. The van der Waals surface area contributed by atoms with Crippen LogP contribution in [-0.4, -0.2) is 9.55 Å². The van der Waals surface area contributed by atoms with Gasteiger partial charge in [-0.3, -0.25) is 0 Å². The number of nitrogens with zero attached hydrogens (tertiary/aromatic N) is 2. The van der Waals surface area contributed by atoms with Crippen LogP contribution < -0.4 is 0 Å². The minimum Gasteiger partial charge on any atom is -0.309 e. The van der Waals surface area contributed by atoms with Crippen LogP contribution in [0.1, 0.15) is 25.0 Å². The summed E-state index contributed by atoms with van der Waals surface area (Å²) in [7, 11) is 0. The molecule has 0 atom stereocenters. The van der Waals surface area contributed by atoms with Crippen LogP contribution in [0.5, 0.6) is 0 Å². The summed E-state index contributed by atoms with van der Waals surface area (Å²) >= 11 is 0. The van der Waals surface area contributed by atoms with Crippen LogP contribution in [0.15, 0.2) is 206 Å². The van der Waals surface area contributed by atoms with Crippen molar-refractivity contribution in [2.24, 2.45) is 0 Å². The molecule has 0 N–H and O–H groups in total. The van der Waals surface area contributed by atoms with Gasteiger partial charge in [-0.1, -0.05) is 166 Å². The molecule has 0 aliphatic heterocycles. The second-order valence-electron chi connectivity index (χ2n) is 17.4. The van der Waals surface area contributed by atoms with Crippen molar-refractivity contribution in [2.75, 3.05) is 0 Å². The second-order valence-corrected chi connectivity index (χ2v) is 17.4. The molecule has 0 fully saturated rings. The molecule has 2 aromatic heterocycles. The molecule has 62 heavy (non-hydrogen) atoms. The molecule has 0 saturated heterocycles. The van der Waals surface area contributed by atoms with Gasteiger partial charge in [0.1, 0.15) is 0 Å². The van der Waals surface area contributed by atoms with Gasteiger partial charge < -0.3 is 4.57 Å². The number of rotatable bonds is 4.